The van der Waals surface area contributed by atoms with E-state index in [0.717, 1.165) is 23.7 Å². The zero-order valence-electron chi connectivity index (χ0n) is 10.8. The third-order valence-electron chi connectivity index (χ3n) is 3.48. The van der Waals surface area contributed by atoms with Crippen molar-refractivity contribution >= 4 is 11.8 Å². The summed E-state index contributed by atoms with van der Waals surface area (Å²) in [7, 11) is 1.66. The van der Waals surface area contributed by atoms with Crippen LogP contribution in [0.3, 0.4) is 0 Å². The van der Waals surface area contributed by atoms with Crippen molar-refractivity contribution in [2.75, 3.05) is 18.6 Å². The van der Waals surface area contributed by atoms with Crippen molar-refractivity contribution in [2.24, 2.45) is 11.8 Å². The molecule has 0 aliphatic carbocycles. The van der Waals surface area contributed by atoms with Crippen molar-refractivity contribution in [3.8, 4) is 5.75 Å². The molecular weight excluding hydrogens is 246 g/mol. The molecule has 5 heteroatoms. The van der Waals surface area contributed by atoms with Crippen molar-refractivity contribution in [3.05, 3.63) is 24.0 Å². The molecule has 1 atom stereocenters. The first-order valence-corrected chi connectivity index (χ1v) is 7.51. The molecule has 0 saturated carbocycles. The molecule has 2 heterocycles. The number of nitrogens with one attached hydrogen (secondary N) is 1. The van der Waals surface area contributed by atoms with Crippen LogP contribution < -0.4 is 16.0 Å². The Morgan fingerprint density at radius 1 is 1.50 bits per heavy atom. The maximum atomic E-state index is 5.69. The van der Waals surface area contributed by atoms with Crippen LogP contribution in [0, 0.1) is 5.92 Å². The van der Waals surface area contributed by atoms with Gasteiger partial charge in [-0.2, -0.15) is 11.8 Å². The van der Waals surface area contributed by atoms with Gasteiger partial charge in [0.2, 0.25) is 0 Å². The van der Waals surface area contributed by atoms with E-state index in [1.807, 2.05) is 12.3 Å². The van der Waals surface area contributed by atoms with Crippen molar-refractivity contribution in [1.29, 1.82) is 0 Å². The summed E-state index contributed by atoms with van der Waals surface area (Å²) in [5.41, 5.74) is 4.02. The molecule has 0 radical (unpaired) electrons. The zero-order valence-corrected chi connectivity index (χ0v) is 11.6. The quantitative estimate of drug-likeness (QED) is 0.632. The number of hydrogen-bond acceptors (Lipinski definition) is 5. The van der Waals surface area contributed by atoms with E-state index in [2.05, 4.69) is 22.2 Å². The molecule has 1 aromatic heterocycles. The second kappa shape index (κ2) is 6.97. The van der Waals surface area contributed by atoms with Crippen LogP contribution in [0.4, 0.5) is 0 Å². The normalized spacial score (nSPS) is 18.6. The van der Waals surface area contributed by atoms with Crippen molar-refractivity contribution < 1.29 is 4.74 Å². The molecule has 0 aromatic carbocycles. The Hall–Kier alpha value is -0.780. The minimum absolute atomic E-state index is 0.167. The lowest BCUT2D eigenvalue weighted by Crippen LogP contribution is -2.30. The summed E-state index contributed by atoms with van der Waals surface area (Å²) in [5.74, 6) is 9.79. The van der Waals surface area contributed by atoms with Gasteiger partial charge >= 0.3 is 0 Å². The van der Waals surface area contributed by atoms with Gasteiger partial charge in [0.25, 0.3) is 0 Å². The van der Waals surface area contributed by atoms with E-state index in [1.54, 1.807) is 13.3 Å². The molecule has 3 N–H and O–H groups in total. The summed E-state index contributed by atoms with van der Waals surface area (Å²) in [6, 6.07) is 2.18. The Balaban J connectivity index is 2.02. The summed E-state index contributed by atoms with van der Waals surface area (Å²) in [5, 5.41) is 0. The fraction of sp³-hybridized carbons (Fsp3) is 0.615. The lowest BCUT2D eigenvalue weighted by molar-refractivity contribution is 0.370. The molecule has 100 valence electrons. The average Bonchev–Trinajstić information content (AvgIpc) is 2.46. The molecule has 1 aliphatic rings. The standard InChI is InChI=1S/C13H21N3OS/c1-17-12-7-11(8-15-9-12)13(16-14)6-10-2-4-18-5-3-10/h7-10,13,16H,2-6,14H2,1H3. The van der Waals surface area contributed by atoms with E-state index in [0.29, 0.717) is 0 Å². The van der Waals surface area contributed by atoms with Gasteiger partial charge in [-0.3, -0.25) is 16.3 Å². The van der Waals surface area contributed by atoms with Crippen LogP contribution in [-0.2, 0) is 0 Å². The molecule has 0 bridgehead atoms. The lowest BCUT2D eigenvalue weighted by atomic mass is 9.91. The van der Waals surface area contributed by atoms with Crippen LogP contribution in [0.15, 0.2) is 18.5 Å². The molecule has 2 rings (SSSR count). The second-order valence-electron chi connectivity index (χ2n) is 4.67. The number of hydrogen-bond donors (Lipinski definition) is 2. The number of rotatable bonds is 5. The fourth-order valence-corrected chi connectivity index (χ4v) is 3.56. The number of hydrazine groups is 1. The Morgan fingerprint density at radius 3 is 2.94 bits per heavy atom. The molecule has 1 aromatic rings. The first-order chi connectivity index (χ1) is 8.83. The lowest BCUT2D eigenvalue weighted by Gasteiger charge is -2.26. The highest BCUT2D eigenvalue weighted by Gasteiger charge is 2.20. The molecule has 1 aliphatic heterocycles. The topological polar surface area (TPSA) is 60.2 Å². The average molecular weight is 267 g/mol. The van der Waals surface area contributed by atoms with Crippen molar-refractivity contribution in [1.82, 2.24) is 10.4 Å². The zero-order chi connectivity index (χ0) is 12.8. The molecule has 1 unspecified atom stereocenters. The largest absolute Gasteiger partial charge is 0.495 e. The first kappa shape index (κ1) is 13.6. The first-order valence-electron chi connectivity index (χ1n) is 6.36. The van der Waals surface area contributed by atoms with E-state index in [-0.39, 0.29) is 6.04 Å². The second-order valence-corrected chi connectivity index (χ2v) is 5.89. The summed E-state index contributed by atoms with van der Waals surface area (Å²) >= 11 is 2.05. The van der Waals surface area contributed by atoms with Gasteiger partial charge in [0.1, 0.15) is 5.75 Å². The van der Waals surface area contributed by atoms with Gasteiger partial charge in [0.15, 0.2) is 0 Å². The van der Waals surface area contributed by atoms with Gasteiger partial charge in [0, 0.05) is 12.2 Å². The van der Waals surface area contributed by atoms with E-state index in [9.17, 15) is 0 Å². The highest BCUT2D eigenvalue weighted by atomic mass is 32.2. The summed E-state index contributed by atoms with van der Waals surface area (Å²) in [4.78, 5) is 4.19. The van der Waals surface area contributed by atoms with Gasteiger partial charge < -0.3 is 4.74 Å². The maximum Gasteiger partial charge on any atom is 0.137 e. The number of methoxy groups -OCH3 is 1. The number of aromatic nitrogens is 1. The van der Waals surface area contributed by atoms with Crippen molar-refractivity contribution in [2.45, 2.75) is 25.3 Å². The van der Waals surface area contributed by atoms with Gasteiger partial charge in [-0.25, -0.2) is 0 Å². The summed E-state index contributed by atoms with van der Waals surface area (Å²) in [6.07, 6.45) is 7.24. The molecule has 1 fully saturated rings. The Kier molecular flexibility index (Phi) is 5.28. The number of nitrogens with two attached hydrogens (primary N) is 1. The van der Waals surface area contributed by atoms with Gasteiger partial charge in [-0.1, -0.05) is 0 Å². The summed E-state index contributed by atoms with van der Waals surface area (Å²) in [6.45, 7) is 0. The minimum Gasteiger partial charge on any atom is -0.495 e. The predicted molar refractivity (Wildman–Crippen MR) is 75.5 cm³/mol. The van der Waals surface area contributed by atoms with Crippen LogP contribution in [-0.4, -0.2) is 23.6 Å². The smallest absolute Gasteiger partial charge is 0.137 e. The van der Waals surface area contributed by atoms with Crippen LogP contribution in [0.1, 0.15) is 30.9 Å². The Morgan fingerprint density at radius 2 is 2.28 bits per heavy atom. The van der Waals surface area contributed by atoms with Gasteiger partial charge in [-0.15, -0.1) is 0 Å². The molecule has 1 saturated heterocycles. The van der Waals surface area contributed by atoms with Crippen molar-refractivity contribution in [3.63, 3.8) is 0 Å². The monoisotopic (exact) mass is 267 g/mol. The highest BCUT2D eigenvalue weighted by molar-refractivity contribution is 7.99. The molecular formula is C13H21N3OS. The van der Waals surface area contributed by atoms with Gasteiger partial charge in [-0.05, 0) is 48.3 Å². The number of nitrogens with zero attached hydrogens (tertiary/aromatic N) is 1. The van der Waals surface area contributed by atoms with Crippen LogP contribution in [0.25, 0.3) is 0 Å². The molecule has 0 amide bonds. The number of ether oxygens (including phenoxy) is 1. The third kappa shape index (κ3) is 3.60. The summed E-state index contributed by atoms with van der Waals surface area (Å²) < 4.78 is 5.21. The number of thioether (sulfide) groups is 1. The van der Waals surface area contributed by atoms with Crippen LogP contribution in [0.2, 0.25) is 0 Å². The van der Waals surface area contributed by atoms with E-state index in [1.165, 1.54) is 24.3 Å². The molecule has 18 heavy (non-hydrogen) atoms. The molecule has 4 nitrogen and oxygen atoms in total. The number of pyridine rings is 1. The SMILES string of the molecule is COc1cncc(C(CC2CCSCC2)NN)c1. The van der Waals surface area contributed by atoms with E-state index < -0.39 is 0 Å². The van der Waals surface area contributed by atoms with Gasteiger partial charge in [0.05, 0.1) is 13.3 Å². The van der Waals surface area contributed by atoms with Crippen LogP contribution in [0.5, 0.6) is 5.75 Å². The Bertz CT molecular complexity index is 369. The highest BCUT2D eigenvalue weighted by Crippen LogP contribution is 2.31. The maximum absolute atomic E-state index is 5.69. The Labute approximate surface area is 113 Å². The minimum atomic E-state index is 0.167. The van der Waals surface area contributed by atoms with E-state index >= 15 is 0 Å². The van der Waals surface area contributed by atoms with E-state index in [4.69, 9.17) is 10.6 Å². The predicted octanol–water partition coefficient (Wildman–Crippen LogP) is 2.13. The van der Waals surface area contributed by atoms with Crippen LogP contribution >= 0.6 is 11.8 Å². The fourth-order valence-electron chi connectivity index (χ4n) is 2.35. The third-order valence-corrected chi connectivity index (χ3v) is 4.53. The molecule has 0 spiro atoms.